The van der Waals surface area contributed by atoms with Crippen molar-refractivity contribution in [2.24, 2.45) is 0 Å². The van der Waals surface area contributed by atoms with E-state index >= 15 is 0 Å². The van der Waals surface area contributed by atoms with Gasteiger partial charge in [-0.05, 0) is 30.2 Å². The zero-order chi connectivity index (χ0) is 22.4. The van der Waals surface area contributed by atoms with Crippen LogP contribution in [0.15, 0.2) is 24.3 Å². The molecule has 2 aromatic rings. The average Bonchev–Trinajstić information content (AvgIpc) is 3.18. The molecule has 0 saturated carbocycles. The monoisotopic (exact) mass is 448 g/mol. The second kappa shape index (κ2) is 10.0. The number of carboxylic acids is 2. The quantitative estimate of drug-likeness (QED) is 0.389. The number of nitrogens with one attached hydrogen (secondary N) is 2. The van der Waals surface area contributed by atoms with E-state index in [1.807, 2.05) is 6.07 Å². The van der Waals surface area contributed by atoms with Crippen molar-refractivity contribution in [3.05, 3.63) is 45.1 Å². The number of aliphatic carboxylic acids is 2. The Morgan fingerprint density at radius 1 is 1.00 bits per heavy atom. The lowest BCUT2D eigenvalue weighted by Gasteiger charge is -2.10. The first-order chi connectivity index (χ1) is 14.8. The molecule has 1 aromatic heterocycles. The van der Waals surface area contributed by atoms with Gasteiger partial charge in [0.2, 0.25) is 0 Å². The van der Waals surface area contributed by atoms with Crippen LogP contribution in [0.2, 0.25) is 0 Å². The molecule has 31 heavy (non-hydrogen) atoms. The third-order valence-corrected chi connectivity index (χ3v) is 5.54. The van der Waals surface area contributed by atoms with Crippen LogP contribution in [0.3, 0.4) is 0 Å². The Morgan fingerprint density at radius 3 is 2.23 bits per heavy atom. The molecule has 10 nitrogen and oxygen atoms in total. The van der Waals surface area contributed by atoms with E-state index in [2.05, 4.69) is 10.6 Å². The Bertz CT molecular complexity index is 957. The van der Waals surface area contributed by atoms with Crippen molar-refractivity contribution in [2.45, 2.75) is 13.0 Å². The number of fused-ring (bicyclic) bond motifs is 1. The lowest BCUT2D eigenvalue weighted by Crippen LogP contribution is -2.29. The molecule has 0 radical (unpaired) electrons. The predicted octanol–water partition coefficient (Wildman–Crippen LogP) is 0.933. The van der Waals surface area contributed by atoms with Crippen molar-refractivity contribution in [1.29, 1.82) is 0 Å². The Labute approximate surface area is 180 Å². The fourth-order valence-electron chi connectivity index (χ4n) is 2.90. The number of hydrogen-bond acceptors (Lipinski definition) is 8. The van der Waals surface area contributed by atoms with Gasteiger partial charge in [0.15, 0.2) is 19.0 Å². The Kier molecular flexibility index (Phi) is 7.21. The minimum atomic E-state index is -1.22. The van der Waals surface area contributed by atoms with Crippen LogP contribution in [0.25, 0.3) is 0 Å². The molecule has 0 fully saturated rings. The van der Waals surface area contributed by atoms with E-state index in [-0.39, 0.29) is 29.5 Å². The van der Waals surface area contributed by atoms with Gasteiger partial charge in [-0.15, -0.1) is 11.3 Å². The highest BCUT2D eigenvalue weighted by Gasteiger charge is 2.18. The van der Waals surface area contributed by atoms with Gasteiger partial charge < -0.3 is 30.3 Å². The van der Waals surface area contributed by atoms with Crippen molar-refractivity contribution in [1.82, 2.24) is 10.6 Å². The van der Waals surface area contributed by atoms with Crippen LogP contribution in [-0.4, -0.2) is 60.1 Å². The minimum Gasteiger partial charge on any atom is -0.482 e. The highest BCUT2D eigenvalue weighted by Crippen LogP contribution is 2.26. The maximum atomic E-state index is 12.6. The van der Waals surface area contributed by atoms with E-state index in [1.54, 1.807) is 0 Å². The molecule has 2 heterocycles. The molecular weight excluding hydrogens is 428 g/mol. The van der Waals surface area contributed by atoms with Crippen molar-refractivity contribution >= 4 is 35.0 Å². The first-order valence-corrected chi connectivity index (χ1v) is 10.1. The van der Waals surface area contributed by atoms with Gasteiger partial charge in [0.25, 0.3) is 5.91 Å². The summed E-state index contributed by atoms with van der Waals surface area (Å²) in [6.07, 6.45) is 0.856. The van der Waals surface area contributed by atoms with Crippen LogP contribution in [0.4, 0.5) is 0 Å². The smallest absolute Gasteiger partial charge is 0.341 e. The summed E-state index contributed by atoms with van der Waals surface area (Å²) in [5.74, 6) is -3.22. The number of carbonyl (C=O) groups is 4. The van der Waals surface area contributed by atoms with E-state index in [0.717, 1.165) is 23.4 Å². The number of thiophene rings is 1. The molecule has 1 aliphatic rings. The summed E-state index contributed by atoms with van der Waals surface area (Å²) in [5, 5.41) is 23.3. The third-order valence-electron chi connectivity index (χ3n) is 4.30. The zero-order valence-corrected chi connectivity index (χ0v) is 17.1. The van der Waals surface area contributed by atoms with Crippen LogP contribution >= 0.6 is 11.3 Å². The number of carbonyl (C=O) groups excluding carboxylic acids is 2. The number of amides is 1. The van der Waals surface area contributed by atoms with Crippen LogP contribution < -0.4 is 20.1 Å². The Balaban J connectivity index is 1.68. The molecule has 0 atom stereocenters. The molecule has 0 unspecified atom stereocenters. The largest absolute Gasteiger partial charge is 0.482 e. The van der Waals surface area contributed by atoms with Crippen molar-refractivity contribution in [2.75, 3.05) is 26.3 Å². The molecule has 164 valence electrons. The molecule has 0 spiro atoms. The van der Waals surface area contributed by atoms with Gasteiger partial charge >= 0.3 is 11.9 Å². The topological polar surface area (TPSA) is 151 Å². The van der Waals surface area contributed by atoms with E-state index in [4.69, 9.17) is 19.7 Å². The number of ketones is 1. The number of benzene rings is 1. The molecule has 0 bridgehead atoms. The summed E-state index contributed by atoms with van der Waals surface area (Å²) >= 11 is 1.40. The Hall–Kier alpha value is -3.44. The van der Waals surface area contributed by atoms with Crippen molar-refractivity contribution < 1.29 is 38.9 Å². The lowest BCUT2D eigenvalue weighted by atomic mass is 10.1. The van der Waals surface area contributed by atoms with E-state index in [9.17, 15) is 19.2 Å². The molecule has 11 heteroatoms. The molecule has 0 aliphatic carbocycles. The normalized spacial score (nSPS) is 12.5. The maximum Gasteiger partial charge on any atom is 0.341 e. The van der Waals surface area contributed by atoms with Crippen LogP contribution in [0, 0.1) is 0 Å². The summed E-state index contributed by atoms with van der Waals surface area (Å²) in [5.41, 5.74) is 1.16. The standard InChI is InChI=1S/C20H20N2O8S/c23-15(8-22-20(28)17-5-12-7-21-2-1-16(12)31-17)11-3-13(29-9-18(24)25)6-14(4-11)30-10-19(26)27/h3-6,21H,1-2,7-10H2,(H,22,28)(H,24,25)(H,26,27). The molecule has 3 rings (SSSR count). The van der Waals surface area contributed by atoms with Crippen LogP contribution in [0.1, 0.15) is 30.5 Å². The number of ether oxygens (including phenoxy) is 2. The first kappa shape index (κ1) is 22.2. The van der Waals surface area contributed by atoms with E-state index in [1.165, 1.54) is 29.5 Å². The predicted molar refractivity (Wildman–Crippen MR) is 109 cm³/mol. The molecule has 4 N–H and O–H groups in total. The molecule has 1 amide bonds. The van der Waals surface area contributed by atoms with E-state index in [0.29, 0.717) is 11.4 Å². The summed E-state index contributed by atoms with van der Waals surface area (Å²) in [6.45, 7) is -0.0321. The Morgan fingerprint density at radius 2 is 1.65 bits per heavy atom. The minimum absolute atomic E-state index is 0.0263. The number of carboxylic acid groups (broad SMARTS) is 2. The number of Topliss-reactive ketones (excluding diaryl/α,β-unsaturated/α-hetero) is 1. The summed E-state index contributed by atoms with van der Waals surface area (Å²) in [6, 6.07) is 5.71. The lowest BCUT2D eigenvalue weighted by molar-refractivity contribution is -0.140. The molecule has 1 aliphatic heterocycles. The zero-order valence-electron chi connectivity index (χ0n) is 16.3. The van der Waals surface area contributed by atoms with Crippen LogP contribution in [-0.2, 0) is 22.6 Å². The maximum absolute atomic E-state index is 12.6. The van der Waals surface area contributed by atoms with E-state index < -0.39 is 30.9 Å². The van der Waals surface area contributed by atoms with Crippen molar-refractivity contribution in [3.63, 3.8) is 0 Å². The van der Waals surface area contributed by atoms with Crippen LogP contribution in [0.5, 0.6) is 11.5 Å². The SMILES string of the molecule is O=C(O)COc1cc(OCC(=O)O)cc(C(=O)CNC(=O)c2cc3c(s2)CCNC3)c1. The molecule has 0 saturated heterocycles. The number of hydrogen-bond donors (Lipinski definition) is 4. The highest BCUT2D eigenvalue weighted by molar-refractivity contribution is 7.14. The van der Waals surface area contributed by atoms with Crippen molar-refractivity contribution in [3.8, 4) is 11.5 Å². The van der Waals surface area contributed by atoms with Gasteiger partial charge in [0.05, 0.1) is 11.4 Å². The molecular formula is C20H20N2O8S. The second-order valence-corrected chi connectivity index (χ2v) is 7.79. The second-order valence-electron chi connectivity index (χ2n) is 6.65. The van der Waals surface area contributed by atoms with Gasteiger partial charge in [-0.3, -0.25) is 9.59 Å². The van der Waals surface area contributed by atoms with Gasteiger partial charge in [-0.1, -0.05) is 0 Å². The van der Waals surface area contributed by atoms with Gasteiger partial charge in [0, 0.05) is 29.6 Å². The first-order valence-electron chi connectivity index (χ1n) is 9.30. The highest BCUT2D eigenvalue weighted by atomic mass is 32.1. The third kappa shape index (κ3) is 6.27. The van der Waals surface area contributed by atoms with Gasteiger partial charge in [0.1, 0.15) is 11.5 Å². The average molecular weight is 448 g/mol. The van der Waals surface area contributed by atoms with Gasteiger partial charge in [-0.2, -0.15) is 0 Å². The fourth-order valence-corrected chi connectivity index (χ4v) is 4.00. The summed E-state index contributed by atoms with van der Waals surface area (Å²) < 4.78 is 10.2. The summed E-state index contributed by atoms with van der Waals surface area (Å²) in [7, 11) is 0. The number of rotatable bonds is 10. The fraction of sp³-hybridized carbons (Fsp3) is 0.300. The summed E-state index contributed by atoms with van der Waals surface area (Å²) in [4.78, 5) is 48.1. The molecule has 1 aromatic carbocycles. The van der Waals surface area contributed by atoms with Gasteiger partial charge in [-0.25, -0.2) is 9.59 Å².